The summed E-state index contributed by atoms with van der Waals surface area (Å²) in [5, 5.41) is 16.5. The number of hydrogen-bond acceptors (Lipinski definition) is 3. The molecule has 0 atom stereocenters. The van der Waals surface area contributed by atoms with Crippen LogP contribution in [-0.2, 0) is 6.61 Å². The molecule has 1 saturated carbocycles. The smallest absolute Gasteiger partial charge is 0.108 e. The molecule has 0 unspecified atom stereocenters. The van der Waals surface area contributed by atoms with Gasteiger partial charge in [0.2, 0.25) is 0 Å². The Morgan fingerprint density at radius 3 is 2.92 bits per heavy atom. The molecular formula is C8H13N3O. The molecule has 0 saturated heterocycles. The summed E-state index contributed by atoms with van der Waals surface area (Å²) in [7, 11) is 0. The van der Waals surface area contributed by atoms with E-state index in [1.54, 1.807) is 0 Å². The van der Waals surface area contributed by atoms with Gasteiger partial charge in [-0.1, -0.05) is 12.1 Å². The monoisotopic (exact) mass is 167 g/mol. The molecule has 4 heteroatoms. The zero-order valence-electron chi connectivity index (χ0n) is 7.14. The molecule has 12 heavy (non-hydrogen) atoms. The molecule has 1 N–H and O–H groups in total. The van der Waals surface area contributed by atoms with Crippen molar-refractivity contribution in [3.63, 3.8) is 0 Å². The van der Waals surface area contributed by atoms with E-state index >= 15 is 0 Å². The standard InChI is InChI=1S/C8H13N3O/c1-6-2-8(3-6)11-4-7(5-12)9-10-11/h4,6,8,12H,2-3,5H2,1H3/t6-,8+. The van der Waals surface area contributed by atoms with Gasteiger partial charge in [0.05, 0.1) is 18.8 Å². The van der Waals surface area contributed by atoms with Gasteiger partial charge in [0.25, 0.3) is 0 Å². The number of aliphatic hydroxyl groups is 1. The van der Waals surface area contributed by atoms with E-state index in [-0.39, 0.29) is 6.61 Å². The van der Waals surface area contributed by atoms with Crippen LogP contribution in [0.25, 0.3) is 0 Å². The molecule has 2 rings (SSSR count). The molecule has 1 aromatic heterocycles. The predicted molar refractivity (Wildman–Crippen MR) is 43.4 cm³/mol. The Hall–Kier alpha value is -0.900. The lowest BCUT2D eigenvalue weighted by Gasteiger charge is -2.32. The summed E-state index contributed by atoms with van der Waals surface area (Å²) < 4.78 is 1.87. The van der Waals surface area contributed by atoms with Crippen molar-refractivity contribution in [3.8, 4) is 0 Å². The molecule has 1 aliphatic rings. The van der Waals surface area contributed by atoms with E-state index in [1.807, 2.05) is 10.9 Å². The minimum absolute atomic E-state index is 0.0116. The largest absolute Gasteiger partial charge is 0.390 e. The van der Waals surface area contributed by atoms with Crippen LogP contribution in [0.5, 0.6) is 0 Å². The molecule has 1 fully saturated rings. The highest BCUT2D eigenvalue weighted by molar-refractivity contribution is 4.93. The summed E-state index contributed by atoms with van der Waals surface area (Å²) in [6.45, 7) is 2.22. The lowest BCUT2D eigenvalue weighted by Crippen LogP contribution is -2.25. The van der Waals surface area contributed by atoms with Crippen LogP contribution in [0.15, 0.2) is 6.20 Å². The van der Waals surface area contributed by atoms with Crippen molar-refractivity contribution in [1.82, 2.24) is 15.0 Å². The average molecular weight is 167 g/mol. The van der Waals surface area contributed by atoms with Crippen molar-refractivity contribution in [2.24, 2.45) is 5.92 Å². The van der Waals surface area contributed by atoms with Crippen molar-refractivity contribution in [3.05, 3.63) is 11.9 Å². The van der Waals surface area contributed by atoms with Crippen LogP contribution in [0.3, 0.4) is 0 Å². The van der Waals surface area contributed by atoms with E-state index < -0.39 is 0 Å². The maximum Gasteiger partial charge on any atom is 0.108 e. The van der Waals surface area contributed by atoms with Crippen LogP contribution in [0.1, 0.15) is 31.5 Å². The van der Waals surface area contributed by atoms with Crippen LogP contribution >= 0.6 is 0 Å². The Labute approximate surface area is 71.2 Å². The zero-order valence-corrected chi connectivity index (χ0v) is 7.14. The van der Waals surface area contributed by atoms with Crippen molar-refractivity contribution in [2.75, 3.05) is 0 Å². The predicted octanol–water partition coefficient (Wildman–Crippen LogP) is 0.741. The number of nitrogens with zero attached hydrogens (tertiary/aromatic N) is 3. The van der Waals surface area contributed by atoms with Gasteiger partial charge in [-0.15, -0.1) is 5.10 Å². The first-order valence-electron chi connectivity index (χ1n) is 4.31. The number of rotatable bonds is 2. The third kappa shape index (κ3) is 1.22. The van der Waals surface area contributed by atoms with Crippen molar-refractivity contribution in [2.45, 2.75) is 32.4 Å². The minimum Gasteiger partial charge on any atom is -0.390 e. The molecule has 66 valence electrons. The molecule has 0 spiro atoms. The van der Waals surface area contributed by atoms with Crippen molar-refractivity contribution in [1.29, 1.82) is 0 Å². The SMILES string of the molecule is C[C@H]1C[C@@H](n2cc(CO)nn2)C1. The third-order valence-corrected chi connectivity index (χ3v) is 2.44. The molecular weight excluding hydrogens is 154 g/mol. The highest BCUT2D eigenvalue weighted by Crippen LogP contribution is 2.36. The first-order valence-corrected chi connectivity index (χ1v) is 4.31. The van der Waals surface area contributed by atoms with E-state index in [4.69, 9.17) is 5.11 Å². The number of aromatic nitrogens is 3. The van der Waals surface area contributed by atoms with Crippen molar-refractivity contribution < 1.29 is 5.11 Å². The summed E-state index contributed by atoms with van der Waals surface area (Å²) in [6, 6.07) is 0.521. The lowest BCUT2D eigenvalue weighted by atomic mass is 9.82. The molecule has 0 aliphatic heterocycles. The van der Waals surface area contributed by atoms with Crippen molar-refractivity contribution >= 4 is 0 Å². The van der Waals surface area contributed by atoms with Gasteiger partial charge in [0.15, 0.2) is 0 Å². The summed E-state index contributed by atoms with van der Waals surface area (Å²) >= 11 is 0. The topological polar surface area (TPSA) is 50.9 Å². The van der Waals surface area contributed by atoms with Gasteiger partial charge in [0.1, 0.15) is 5.69 Å². The first kappa shape index (κ1) is 7.73. The minimum atomic E-state index is -0.0116. The molecule has 0 aromatic carbocycles. The van der Waals surface area contributed by atoms with Gasteiger partial charge in [-0.05, 0) is 18.8 Å². The Morgan fingerprint density at radius 2 is 2.42 bits per heavy atom. The van der Waals surface area contributed by atoms with E-state index in [1.165, 1.54) is 12.8 Å². The van der Waals surface area contributed by atoms with Gasteiger partial charge in [0, 0.05) is 0 Å². The average Bonchev–Trinajstić information content (AvgIpc) is 2.46. The Kier molecular flexibility index (Phi) is 1.84. The van der Waals surface area contributed by atoms with E-state index in [2.05, 4.69) is 17.2 Å². The first-order chi connectivity index (χ1) is 5.79. The van der Waals surface area contributed by atoms with Gasteiger partial charge in [-0.3, -0.25) is 0 Å². The van der Waals surface area contributed by atoms with Crippen LogP contribution in [-0.4, -0.2) is 20.1 Å². The zero-order chi connectivity index (χ0) is 8.55. The highest BCUT2D eigenvalue weighted by atomic mass is 16.3. The Balaban J connectivity index is 2.04. The van der Waals surface area contributed by atoms with Gasteiger partial charge in [-0.2, -0.15) is 0 Å². The fourth-order valence-electron chi connectivity index (χ4n) is 1.64. The third-order valence-electron chi connectivity index (χ3n) is 2.44. The Bertz CT molecular complexity index is 265. The van der Waals surface area contributed by atoms with Gasteiger partial charge >= 0.3 is 0 Å². The van der Waals surface area contributed by atoms with Crippen LogP contribution in [0, 0.1) is 5.92 Å². The molecule has 1 aliphatic carbocycles. The van der Waals surface area contributed by atoms with Gasteiger partial charge in [-0.25, -0.2) is 4.68 Å². The quantitative estimate of drug-likeness (QED) is 0.706. The van der Waals surface area contributed by atoms with Crippen LogP contribution in [0.4, 0.5) is 0 Å². The fourth-order valence-corrected chi connectivity index (χ4v) is 1.64. The second-order valence-corrected chi connectivity index (χ2v) is 3.58. The maximum atomic E-state index is 8.76. The van der Waals surface area contributed by atoms with Gasteiger partial charge < -0.3 is 5.11 Å². The number of aliphatic hydroxyl groups excluding tert-OH is 1. The lowest BCUT2D eigenvalue weighted by molar-refractivity contribution is 0.197. The molecule has 1 aromatic rings. The van der Waals surface area contributed by atoms with Crippen LogP contribution < -0.4 is 0 Å². The van der Waals surface area contributed by atoms with Crippen LogP contribution in [0.2, 0.25) is 0 Å². The second kappa shape index (κ2) is 2.86. The molecule has 1 heterocycles. The second-order valence-electron chi connectivity index (χ2n) is 3.58. The normalized spacial score (nSPS) is 28.5. The highest BCUT2D eigenvalue weighted by Gasteiger charge is 2.27. The number of hydrogen-bond donors (Lipinski definition) is 1. The Morgan fingerprint density at radius 1 is 1.67 bits per heavy atom. The summed E-state index contributed by atoms with van der Waals surface area (Å²) in [5.41, 5.74) is 0.662. The molecule has 4 nitrogen and oxygen atoms in total. The van der Waals surface area contributed by atoms with E-state index in [0.717, 1.165) is 5.92 Å². The molecule has 0 amide bonds. The maximum absolute atomic E-state index is 8.76. The summed E-state index contributed by atoms with van der Waals surface area (Å²) in [6.07, 6.45) is 4.21. The molecule has 0 bridgehead atoms. The van der Waals surface area contributed by atoms with E-state index in [9.17, 15) is 0 Å². The van der Waals surface area contributed by atoms with E-state index in [0.29, 0.717) is 11.7 Å². The fraction of sp³-hybridized carbons (Fsp3) is 0.750. The summed E-state index contributed by atoms with van der Waals surface area (Å²) in [5.74, 6) is 0.816. The summed E-state index contributed by atoms with van der Waals surface area (Å²) in [4.78, 5) is 0. The molecule has 0 radical (unpaired) electrons.